The topological polar surface area (TPSA) is 46.4 Å². The van der Waals surface area contributed by atoms with Gasteiger partial charge in [-0.25, -0.2) is 4.98 Å². The number of amides is 1. The van der Waals surface area contributed by atoms with Gasteiger partial charge in [-0.05, 0) is 24.1 Å². The lowest BCUT2D eigenvalue weighted by Gasteiger charge is -2.17. The summed E-state index contributed by atoms with van der Waals surface area (Å²) in [7, 11) is 0. The zero-order valence-electron chi connectivity index (χ0n) is 15.4. The van der Waals surface area contributed by atoms with E-state index >= 15 is 0 Å². The smallest absolute Gasteiger partial charge is 0.221 e. The number of carbonyl (C=O) groups is 1. The lowest BCUT2D eigenvalue weighted by Crippen LogP contribution is -2.26. The molecule has 2 heterocycles. The number of rotatable bonds is 9. The largest absolute Gasteiger partial charge is 0.356 e. The van der Waals surface area contributed by atoms with E-state index in [0.717, 1.165) is 29.9 Å². The maximum Gasteiger partial charge on any atom is 0.221 e. The number of pyridine rings is 1. The number of nitrogens with one attached hydrogen (secondary N) is 1. The van der Waals surface area contributed by atoms with Crippen LogP contribution in [0.2, 0.25) is 0 Å². The Morgan fingerprint density at radius 1 is 1.08 bits per heavy atom. The van der Waals surface area contributed by atoms with Crippen molar-refractivity contribution in [2.75, 3.05) is 6.54 Å². The molecule has 3 rings (SSSR count). The number of aromatic nitrogens is 2. The minimum absolute atomic E-state index is 0.00996. The third-order valence-electron chi connectivity index (χ3n) is 4.75. The Labute approximate surface area is 155 Å². The fourth-order valence-electron chi connectivity index (χ4n) is 3.33. The molecule has 3 aromatic rings. The van der Waals surface area contributed by atoms with Gasteiger partial charge in [0.25, 0.3) is 0 Å². The number of unbranched alkanes of at least 4 members (excludes halogenated alkanes) is 3. The average molecular weight is 349 g/mol. The van der Waals surface area contributed by atoms with Crippen molar-refractivity contribution in [1.82, 2.24) is 14.7 Å². The highest BCUT2D eigenvalue weighted by atomic mass is 16.1. The van der Waals surface area contributed by atoms with Crippen LogP contribution >= 0.6 is 0 Å². The average Bonchev–Trinajstić information content (AvgIpc) is 3.10. The van der Waals surface area contributed by atoms with Gasteiger partial charge < -0.3 is 9.72 Å². The van der Waals surface area contributed by atoms with E-state index in [1.807, 2.05) is 48.8 Å². The second-order valence-electron chi connectivity index (χ2n) is 6.69. The van der Waals surface area contributed by atoms with E-state index in [1.165, 1.54) is 19.3 Å². The number of imidazole rings is 1. The van der Waals surface area contributed by atoms with Crippen molar-refractivity contribution in [3.05, 3.63) is 72.2 Å². The van der Waals surface area contributed by atoms with Crippen molar-refractivity contribution in [1.29, 1.82) is 0 Å². The first-order valence-corrected chi connectivity index (χ1v) is 9.53. The summed E-state index contributed by atoms with van der Waals surface area (Å²) in [6, 6.07) is 16.2. The van der Waals surface area contributed by atoms with Gasteiger partial charge in [0.15, 0.2) is 0 Å². The van der Waals surface area contributed by atoms with Gasteiger partial charge >= 0.3 is 0 Å². The second-order valence-corrected chi connectivity index (χ2v) is 6.69. The lowest BCUT2D eigenvalue weighted by molar-refractivity contribution is -0.121. The Hall–Kier alpha value is -2.62. The quantitative estimate of drug-likeness (QED) is 0.576. The van der Waals surface area contributed by atoms with Crippen LogP contribution in [0.5, 0.6) is 0 Å². The monoisotopic (exact) mass is 349 g/mol. The maximum absolute atomic E-state index is 12.5. The molecule has 0 fully saturated rings. The summed E-state index contributed by atoms with van der Waals surface area (Å²) >= 11 is 0. The molecule has 4 heteroatoms. The maximum atomic E-state index is 12.5. The van der Waals surface area contributed by atoms with Crippen molar-refractivity contribution >= 4 is 11.6 Å². The molecule has 1 atom stereocenters. The molecule has 0 aliphatic heterocycles. The number of benzene rings is 1. The van der Waals surface area contributed by atoms with Gasteiger partial charge in [0, 0.05) is 31.3 Å². The predicted octanol–water partition coefficient (Wildman–Crippen LogP) is 4.55. The minimum atomic E-state index is -0.00996. The van der Waals surface area contributed by atoms with E-state index in [4.69, 9.17) is 0 Å². The molecule has 0 bridgehead atoms. The first-order valence-electron chi connectivity index (χ1n) is 9.53. The van der Waals surface area contributed by atoms with Crippen LogP contribution in [0.25, 0.3) is 5.65 Å². The molecule has 0 aliphatic rings. The minimum Gasteiger partial charge on any atom is -0.356 e. The van der Waals surface area contributed by atoms with E-state index < -0.39 is 0 Å². The molecule has 0 radical (unpaired) electrons. The van der Waals surface area contributed by atoms with Gasteiger partial charge in [0.05, 0.1) is 5.69 Å². The molecule has 1 amide bonds. The summed E-state index contributed by atoms with van der Waals surface area (Å²) in [5.41, 5.74) is 3.09. The van der Waals surface area contributed by atoms with Crippen LogP contribution in [-0.4, -0.2) is 21.8 Å². The number of hydrogen-bond acceptors (Lipinski definition) is 2. The van der Waals surface area contributed by atoms with Crippen LogP contribution in [0.15, 0.2) is 60.9 Å². The highest BCUT2D eigenvalue weighted by molar-refractivity contribution is 5.77. The summed E-state index contributed by atoms with van der Waals surface area (Å²) in [4.78, 5) is 17.0. The number of fused-ring (bicyclic) bond motifs is 1. The van der Waals surface area contributed by atoms with E-state index in [9.17, 15) is 4.79 Å². The van der Waals surface area contributed by atoms with Crippen LogP contribution < -0.4 is 5.32 Å². The highest BCUT2D eigenvalue weighted by Crippen LogP contribution is 2.28. The molecule has 0 spiro atoms. The first kappa shape index (κ1) is 18.2. The molecule has 26 heavy (non-hydrogen) atoms. The summed E-state index contributed by atoms with van der Waals surface area (Å²) in [6.07, 6.45) is 8.98. The molecule has 2 aromatic heterocycles. The molecule has 0 aliphatic carbocycles. The van der Waals surface area contributed by atoms with E-state index in [1.54, 1.807) is 0 Å². The first-order chi connectivity index (χ1) is 12.8. The molecule has 136 valence electrons. The molecule has 0 saturated carbocycles. The highest BCUT2D eigenvalue weighted by Gasteiger charge is 2.21. The number of hydrogen-bond donors (Lipinski definition) is 1. The van der Waals surface area contributed by atoms with Crippen molar-refractivity contribution in [2.24, 2.45) is 0 Å². The van der Waals surface area contributed by atoms with E-state index in [0.29, 0.717) is 6.42 Å². The predicted molar refractivity (Wildman–Crippen MR) is 105 cm³/mol. The molecular weight excluding hydrogens is 322 g/mol. The van der Waals surface area contributed by atoms with Gasteiger partial charge in [0.2, 0.25) is 5.91 Å². The third-order valence-corrected chi connectivity index (χ3v) is 4.75. The zero-order valence-corrected chi connectivity index (χ0v) is 15.4. The third kappa shape index (κ3) is 4.51. The van der Waals surface area contributed by atoms with Gasteiger partial charge in [-0.1, -0.05) is 62.6 Å². The lowest BCUT2D eigenvalue weighted by atomic mass is 9.92. The fourth-order valence-corrected chi connectivity index (χ4v) is 3.33. The number of carbonyl (C=O) groups excluding carboxylic acids is 1. The number of nitrogens with zero attached hydrogens (tertiary/aromatic N) is 2. The molecule has 4 nitrogen and oxygen atoms in total. The van der Waals surface area contributed by atoms with Crippen LogP contribution in [0, 0.1) is 0 Å². The Morgan fingerprint density at radius 3 is 2.69 bits per heavy atom. The molecule has 0 saturated heterocycles. The fraction of sp³-hybridized carbons (Fsp3) is 0.364. The van der Waals surface area contributed by atoms with Crippen molar-refractivity contribution in [2.45, 2.75) is 44.9 Å². The van der Waals surface area contributed by atoms with Crippen LogP contribution in [0.3, 0.4) is 0 Å². The molecule has 1 N–H and O–H groups in total. The van der Waals surface area contributed by atoms with Crippen LogP contribution in [-0.2, 0) is 4.79 Å². The van der Waals surface area contributed by atoms with Crippen LogP contribution in [0.1, 0.15) is 56.2 Å². The van der Waals surface area contributed by atoms with Gasteiger partial charge in [0.1, 0.15) is 5.65 Å². The van der Waals surface area contributed by atoms with Crippen molar-refractivity contribution in [3.63, 3.8) is 0 Å². The Morgan fingerprint density at radius 2 is 1.88 bits per heavy atom. The summed E-state index contributed by atoms with van der Waals surface area (Å²) in [5.74, 6) is 0.0884. The standard InChI is InChI=1S/C22H27N3O/c1-2-3-4-9-14-23-22(26)16-19(18-11-6-5-7-12-18)20-17-24-21-13-8-10-15-25(20)21/h5-8,10-13,15,17,19H,2-4,9,14,16H2,1H3,(H,23,26). The van der Waals surface area contributed by atoms with E-state index in [-0.39, 0.29) is 11.8 Å². The Balaban J connectivity index is 1.76. The van der Waals surface area contributed by atoms with Gasteiger partial charge in [-0.15, -0.1) is 0 Å². The Bertz CT molecular complexity index is 826. The summed E-state index contributed by atoms with van der Waals surface area (Å²) in [5, 5.41) is 3.08. The van der Waals surface area contributed by atoms with E-state index in [2.05, 4.69) is 33.8 Å². The molecular formula is C22H27N3O. The SMILES string of the molecule is CCCCCCNC(=O)CC(c1ccccc1)c1cnc2ccccn12. The van der Waals surface area contributed by atoms with Gasteiger partial charge in [-0.2, -0.15) is 0 Å². The van der Waals surface area contributed by atoms with Crippen LogP contribution in [0.4, 0.5) is 0 Å². The molecule has 1 aromatic carbocycles. The molecule has 1 unspecified atom stereocenters. The summed E-state index contributed by atoms with van der Waals surface area (Å²) in [6.45, 7) is 2.95. The van der Waals surface area contributed by atoms with Crippen molar-refractivity contribution in [3.8, 4) is 0 Å². The van der Waals surface area contributed by atoms with Gasteiger partial charge in [-0.3, -0.25) is 4.79 Å². The summed E-state index contributed by atoms with van der Waals surface area (Å²) < 4.78 is 2.08. The zero-order chi connectivity index (χ0) is 18.2. The Kier molecular flexibility index (Phi) is 6.42. The second kappa shape index (κ2) is 9.18. The van der Waals surface area contributed by atoms with Crippen molar-refractivity contribution < 1.29 is 4.79 Å². The normalized spacial score (nSPS) is 12.2.